The van der Waals surface area contributed by atoms with E-state index in [1.54, 1.807) is 17.0 Å². The van der Waals surface area contributed by atoms with Crippen LogP contribution in [0.25, 0.3) is 0 Å². The van der Waals surface area contributed by atoms with Gasteiger partial charge >= 0.3 is 0 Å². The summed E-state index contributed by atoms with van der Waals surface area (Å²) in [6, 6.07) is 6.77. The standard InChI is InChI=1S/C17H17ClFN3O3S/c1-12-2-3-13(11-20-12)17(23)21-6-8-22(9-7-21)26(24,25)14-4-5-16(19)15(18)10-14/h2-5,10-11H,6-9H2,1H3. The molecular formula is C17H17ClFN3O3S. The minimum absolute atomic E-state index is 0.0635. The number of piperazine rings is 1. The number of halogens is 2. The number of hydrogen-bond acceptors (Lipinski definition) is 4. The van der Waals surface area contributed by atoms with Crippen LogP contribution in [0.15, 0.2) is 41.4 Å². The molecule has 2 aromatic rings. The Morgan fingerprint density at radius 1 is 1.15 bits per heavy atom. The molecule has 1 aromatic heterocycles. The summed E-state index contributed by atoms with van der Waals surface area (Å²) in [5.41, 5.74) is 1.28. The average Bonchev–Trinajstić information content (AvgIpc) is 2.64. The number of rotatable bonds is 3. The Balaban J connectivity index is 1.70. The lowest BCUT2D eigenvalue weighted by atomic mass is 10.2. The predicted octanol–water partition coefficient (Wildman–Crippen LogP) is 2.33. The fraction of sp³-hybridized carbons (Fsp3) is 0.294. The van der Waals surface area contributed by atoms with Crippen LogP contribution in [0.2, 0.25) is 5.02 Å². The van der Waals surface area contributed by atoms with Gasteiger partial charge in [0.1, 0.15) is 5.82 Å². The molecule has 138 valence electrons. The van der Waals surface area contributed by atoms with E-state index in [1.165, 1.54) is 16.6 Å². The number of hydrogen-bond donors (Lipinski definition) is 0. The van der Waals surface area contributed by atoms with Crippen molar-refractivity contribution in [3.05, 3.63) is 58.6 Å². The number of benzene rings is 1. The third-order valence-electron chi connectivity index (χ3n) is 4.21. The number of nitrogens with zero attached hydrogens (tertiary/aromatic N) is 3. The molecule has 0 radical (unpaired) electrons. The van der Waals surface area contributed by atoms with Crippen LogP contribution in [0.3, 0.4) is 0 Å². The summed E-state index contributed by atoms with van der Waals surface area (Å²) < 4.78 is 39.9. The van der Waals surface area contributed by atoms with Crippen molar-refractivity contribution in [3.8, 4) is 0 Å². The Hall–Kier alpha value is -2.03. The summed E-state index contributed by atoms with van der Waals surface area (Å²) in [5, 5.41) is -0.244. The molecule has 2 heterocycles. The highest BCUT2D eigenvalue weighted by molar-refractivity contribution is 7.89. The number of aryl methyl sites for hydroxylation is 1. The van der Waals surface area contributed by atoms with Gasteiger partial charge in [0.2, 0.25) is 10.0 Å². The van der Waals surface area contributed by atoms with Gasteiger partial charge in [-0.3, -0.25) is 9.78 Å². The van der Waals surface area contributed by atoms with E-state index in [2.05, 4.69) is 4.98 Å². The van der Waals surface area contributed by atoms with Crippen LogP contribution in [-0.2, 0) is 10.0 Å². The van der Waals surface area contributed by atoms with E-state index < -0.39 is 15.8 Å². The van der Waals surface area contributed by atoms with Gasteiger partial charge in [-0.1, -0.05) is 11.6 Å². The molecule has 0 atom stereocenters. The molecule has 1 saturated heterocycles. The molecule has 3 rings (SSSR count). The molecule has 0 saturated carbocycles. The molecule has 0 N–H and O–H groups in total. The molecule has 9 heteroatoms. The summed E-state index contributed by atoms with van der Waals surface area (Å²) in [5.74, 6) is -0.855. The number of amides is 1. The topological polar surface area (TPSA) is 70.6 Å². The first-order chi connectivity index (χ1) is 12.3. The zero-order valence-corrected chi connectivity index (χ0v) is 15.6. The number of sulfonamides is 1. The first-order valence-electron chi connectivity index (χ1n) is 7.96. The highest BCUT2D eigenvalue weighted by Crippen LogP contribution is 2.23. The van der Waals surface area contributed by atoms with Gasteiger partial charge in [0.05, 0.1) is 15.5 Å². The summed E-state index contributed by atoms with van der Waals surface area (Å²) in [7, 11) is -3.79. The second kappa shape index (κ2) is 7.30. The van der Waals surface area contributed by atoms with E-state index in [0.29, 0.717) is 5.56 Å². The highest BCUT2D eigenvalue weighted by Gasteiger charge is 2.30. The van der Waals surface area contributed by atoms with Crippen LogP contribution in [-0.4, -0.2) is 54.7 Å². The van der Waals surface area contributed by atoms with Crippen molar-refractivity contribution >= 4 is 27.5 Å². The molecule has 0 unspecified atom stereocenters. The monoisotopic (exact) mass is 397 g/mol. The van der Waals surface area contributed by atoms with Gasteiger partial charge in [-0.15, -0.1) is 0 Å². The van der Waals surface area contributed by atoms with E-state index in [0.717, 1.165) is 17.8 Å². The second-order valence-electron chi connectivity index (χ2n) is 5.96. The minimum Gasteiger partial charge on any atom is -0.336 e. The molecule has 0 aliphatic carbocycles. The second-order valence-corrected chi connectivity index (χ2v) is 8.31. The third kappa shape index (κ3) is 3.72. The van der Waals surface area contributed by atoms with Gasteiger partial charge in [0.15, 0.2) is 0 Å². The molecule has 0 bridgehead atoms. The zero-order valence-electron chi connectivity index (χ0n) is 14.0. The van der Waals surface area contributed by atoms with Gasteiger partial charge in [0, 0.05) is 38.1 Å². The largest absolute Gasteiger partial charge is 0.336 e. The van der Waals surface area contributed by atoms with E-state index in [1.807, 2.05) is 6.92 Å². The molecule has 0 spiro atoms. The Bertz CT molecular complexity index is 927. The van der Waals surface area contributed by atoms with Crippen molar-refractivity contribution in [3.63, 3.8) is 0 Å². The first kappa shape index (κ1) is 18.8. The van der Waals surface area contributed by atoms with E-state index >= 15 is 0 Å². The van der Waals surface area contributed by atoms with Crippen molar-refractivity contribution in [2.24, 2.45) is 0 Å². The van der Waals surface area contributed by atoms with Gasteiger partial charge in [-0.25, -0.2) is 12.8 Å². The lowest BCUT2D eigenvalue weighted by molar-refractivity contribution is 0.0697. The first-order valence-corrected chi connectivity index (χ1v) is 9.78. The maximum Gasteiger partial charge on any atom is 0.255 e. The highest BCUT2D eigenvalue weighted by atomic mass is 35.5. The fourth-order valence-electron chi connectivity index (χ4n) is 2.69. The summed E-state index contributed by atoms with van der Waals surface area (Å²) in [6.07, 6.45) is 1.52. The quantitative estimate of drug-likeness (QED) is 0.797. The third-order valence-corrected chi connectivity index (χ3v) is 6.40. The predicted molar refractivity (Wildman–Crippen MR) is 95.0 cm³/mol. The lowest BCUT2D eigenvalue weighted by Crippen LogP contribution is -2.50. The smallest absolute Gasteiger partial charge is 0.255 e. The number of aromatic nitrogens is 1. The molecule has 6 nitrogen and oxygen atoms in total. The van der Waals surface area contributed by atoms with Crippen molar-refractivity contribution in [2.75, 3.05) is 26.2 Å². The van der Waals surface area contributed by atoms with Crippen molar-refractivity contribution in [1.29, 1.82) is 0 Å². The maximum absolute atomic E-state index is 13.3. The molecular weight excluding hydrogens is 381 g/mol. The Morgan fingerprint density at radius 2 is 1.85 bits per heavy atom. The van der Waals surface area contributed by atoms with Crippen molar-refractivity contribution in [2.45, 2.75) is 11.8 Å². The Labute approximate surface area is 156 Å². The van der Waals surface area contributed by atoms with Crippen LogP contribution in [0.5, 0.6) is 0 Å². The lowest BCUT2D eigenvalue weighted by Gasteiger charge is -2.34. The number of pyridine rings is 1. The van der Waals surface area contributed by atoms with Crippen LogP contribution in [0.1, 0.15) is 16.1 Å². The minimum atomic E-state index is -3.79. The molecule has 1 aliphatic rings. The average molecular weight is 398 g/mol. The van der Waals surface area contributed by atoms with Crippen molar-refractivity contribution < 1.29 is 17.6 Å². The van der Waals surface area contributed by atoms with Gasteiger partial charge in [0.25, 0.3) is 5.91 Å². The van der Waals surface area contributed by atoms with Crippen LogP contribution in [0.4, 0.5) is 4.39 Å². The van der Waals surface area contributed by atoms with Crippen LogP contribution >= 0.6 is 11.6 Å². The van der Waals surface area contributed by atoms with E-state index in [9.17, 15) is 17.6 Å². The Kier molecular flexibility index (Phi) is 5.27. The Morgan fingerprint density at radius 3 is 2.42 bits per heavy atom. The molecule has 1 amide bonds. The summed E-state index contributed by atoms with van der Waals surface area (Å²) in [4.78, 5) is 18.1. The van der Waals surface area contributed by atoms with Gasteiger partial charge in [-0.05, 0) is 37.3 Å². The molecule has 26 heavy (non-hydrogen) atoms. The number of carbonyl (C=O) groups is 1. The summed E-state index contributed by atoms with van der Waals surface area (Å²) >= 11 is 5.69. The van der Waals surface area contributed by atoms with Crippen molar-refractivity contribution in [1.82, 2.24) is 14.2 Å². The molecule has 1 fully saturated rings. The molecule has 1 aliphatic heterocycles. The van der Waals surface area contributed by atoms with Crippen LogP contribution < -0.4 is 0 Å². The van der Waals surface area contributed by atoms with E-state index in [-0.39, 0.29) is 42.0 Å². The van der Waals surface area contributed by atoms with Gasteiger partial charge < -0.3 is 4.90 Å². The SMILES string of the molecule is Cc1ccc(C(=O)N2CCN(S(=O)(=O)c3ccc(F)c(Cl)c3)CC2)cn1. The van der Waals surface area contributed by atoms with Crippen LogP contribution in [0, 0.1) is 12.7 Å². The summed E-state index contributed by atoms with van der Waals surface area (Å²) in [6.45, 7) is 2.67. The normalized spacial score (nSPS) is 15.9. The number of carbonyl (C=O) groups excluding carboxylic acids is 1. The van der Waals surface area contributed by atoms with Gasteiger partial charge in [-0.2, -0.15) is 4.31 Å². The molecule has 1 aromatic carbocycles. The zero-order chi connectivity index (χ0) is 18.9. The van der Waals surface area contributed by atoms with E-state index in [4.69, 9.17) is 11.6 Å². The maximum atomic E-state index is 13.3. The fourth-order valence-corrected chi connectivity index (χ4v) is 4.39.